The molecule has 3 heterocycles. The summed E-state index contributed by atoms with van der Waals surface area (Å²) < 4.78 is 11.1. The summed E-state index contributed by atoms with van der Waals surface area (Å²) in [6.07, 6.45) is 0. The van der Waals surface area contributed by atoms with Gasteiger partial charge in [-0.2, -0.15) is 4.98 Å². The predicted octanol–water partition coefficient (Wildman–Crippen LogP) is 1.69. The van der Waals surface area contributed by atoms with Crippen LogP contribution in [0.3, 0.4) is 0 Å². The van der Waals surface area contributed by atoms with Crippen LogP contribution in [0.2, 0.25) is 0 Å². The van der Waals surface area contributed by atoms with Gasteiger partial charge in [0.1, 0.15) is 6.54 Å². The zero-order valence-electron chi connectivity index (χ0n) is 18.3. The van der Waals surface area contributed by atoms with Gasteiger partial charge < -0.3 is 9.30 Å². The third-order valence-corrected chi connectivity index (χ3v) is 5.65. The van der Waals surface area contributed by atoms with Crippen LogP contribution in [0.1, 0.15) is 29.4 Å². The number of ether oxygens (including phenoxy) is 1. The number of hydrogen-bond acceptors (Lipinski definition) is 5. The zero-order valence-corrected chi connectivity index (χ0v) is 18.3. The predicted molar refractivity (Wildman–Crippen MR) is 117 cm³/mol. The maximum atomic E-state index is 13.5. The Hall–Kier alpha value is -3.62. The fourth-order valence-corrected chi connectivity index (χ4v) is 3.97. The lowest BCUT2D eigenvalue weighted by molar-refractivity contribution is -0.143. The molecule has 4 aromatic rings. The normalized spacial score (nSPS) is 11.5. The smallest absolute Gasteiger partial charge is 0.332 e. The van der Waals surface area contributed by atoms with Gasteiger partial charge in [0.15, 0.2) is 11.2 Å². The molecular weight excluding hydrogens is 398 g/mol. The summed E-state index contributed by atoms with van der Waals surface area (Å²) in [6.45, 7) is 7.86. The topological polar surface area (TPSA) is 92.5 Å². The van der Waals surface area contributed by atoms with Gasteiger partial charge in [-0.05, 0) is 33.3 Å². The molecule has 0 radical (unpaired) electrons. The second kappa shape index (κ2) is 7.57. The van der Waals surface area contributed by atoms with E-state index in [1.807, 2.05) is 45.0 Å². The summed E-state index contributed by atoms with van der Waals surface area (Å²) in [4.78, 5) is 43.1. The van der Waals surface area contributed by atoms with Crippen molar-refractivity contribution >= 4 is 22.9 Å². The number of carbonyl (C=O) groups is 1. The molecule has 0 unspecified atom stereocenters. The van der Waals surface area contributed by atoms with Gasteiger partial charge in [0, 0.05) is 18.4 Å². The van der Waals surface area contributed by atoms with Crippen LogP contribution in [-0.2, 0) is 29.7 Å². The van der Waals surface area contributed by atoms with Gasteiger partial charge in [-0.15, -0.1) is 0 Å². The van der Waals surface area contributed by atoms with Crippen molar-refractivity contribution in [3.05, 3.63) is 67.6 Å². The Labute approximate surface area is 178 Å². The molecule has 0 aliphatic heterocycles. The molecule has 0 amide bonds. The molecule has 0 bridgehead atoms. The van der Waals surface area contributed by atoms with E-state index >= 15 is 0 Å². The average Bonchev–Trinajstić information content (AvgIpc) is 3.22. The highest BCUT2D eigenvalue weighted by Gasteiger charge is 2.23. The summed E-state index contributed by atoms with van der Waals surface area (Å²) in [5, 5.41) is 0. The highest BCUT2D eigenvalue weighted by atomic mass is 16.5. The highest BCUT2D eigenvalue weighted by molar-refractivity contribution is 5.77. The molecule has 0 fully saturated rings. The number of aryl methyl sites for hydroxylation is 3. The number of hydrogen-bond donors (Lipinski definition) is 0. The first-order valence-electron chi connectivity index (χ1n) is 10.1. The first-order valence-corrected chi connectivity index (χ1v) is 10.1. The molecule has 0 spiro atoms. The van der Waals surface area contributed by atoms with Crippen molar-refractivity contribution in [2.24, 2.45) is 7.05 Å². The van der Waals surface area contributed by atoms with Crippen molar-refractivity contribution in [2.45, 2.75) is 40.8 Å². The molecule has 0 saturated heterocycles. The van der Waals surface area contributed by atoms with E-state index in [0.717, 1.165) is 22.5 Å². The van der Waals surface area contributed by atoms with Gasteiger partial charge in [0.2, 0.25) is 5.78 Å². The number of rotatable bonds is 5. The molecule has 9 heteroatoms. The van der Waals surface area contributed by atoms with Gasteiger partial charge in [0.25, 0.3) is 5.56 Å². The summed E-state index contributed by atoms with van der Waals surface area (Å²) >= 11 is 0. The maximum absolute atomic E-state index is 13.5. The minimum absolute atomic E-state index is 0.0221. The van der Waals surface area contributed by atoms with E-state index in [9.17, 15) is 14.4 Å². The van der Waals surface area contributed by atoms with Crippen LogP contribution in [0, 0.1) is 20.8 Å². The minimum atomic E-state index is -0.439. The van der Waals surface area contributed by atoms with Crippen molar-refractivity contribution in [3.8, 4) is 0 Å². The van der Waals surface area contributed by atoms with E-state index in [2.05, 4.69) is 4.98 Å². The Morgan fingerprint density at radius 2 is 1.84 bits per heavy atom. The fourth-order valence-electron chi connectivity index (χ4n) is 3.97. The summed E-state index contributed by atoms with van der Waals surface area (Å²) in [5.41, 5.74) is 3.24. The number of aromatic nitrogens is 5. The summed E-state index contributed by atoms with van der Waals surface area (Å²) in [6, 6.07) is 7.71. The molecular formula is C22H25N5O4. The van der Waals surface area contributed by atoms with Gasteiger partial charge in [-0.3, -0.25) is 23.1 Å². The summed E-state index contributed by atoms with van der Waals surface area (Å²) in [7, 11) is 1.60. The van der Waals surface area contributed by atoms with Gasteiger partial charge in [-0.1, -0.05) is 29.8 Å². The Bertz CT molecular complexity index is 1450. The van der Waals surface area contributed by atoms with Crippen molar-refractivity contribution in [2.75, 3.05) is 6.61 Å². The number of benzene rings is 1. The minimum Gasteiger partial charge on any atom is -0.465 e. The van der Waals surface area contributed by atoms with Crippen LogP contribution in [0.4, 0.5) is 0 Å². The van der Waals surface area contributed by atoms with E-state index in [1.54, 1.807) is 22.9 Å². The molecule has 0 aliphatic carbocycles. The standard InChI is InChI=1S/C22H25N5O4/c1-6-31-17(28)12-25-14(3)15(4)27-18-19(23-21(25)27)24(5)22(30)26(20(18)29)11-16-9-7-8-13(2)10-16/h7-10H,6,11-12H2,1-5H3. The zero-order chi connectivity index (χ0) is 22.4. The van der Waals surface area contributed by atoms with Crippen molar-refractivity contribution < 1.29 is 9.53 Å². The Kier molecular flexibility index (Phi) is 5.04. The van der Waals surface area contributed by atoms with Gasteiger partial charge in [-0.25, -0.2) is 4.79 Å². The SMILES string of the molecule is CCOC(=O)Cn1c(C)c(C)n2c3c(=O)n(Cc4cccc(C)c4)c(=O)n(C)c3nc12. The monoisotopic (exact) mass is 423 g/mol. The highest BCUT2D eigenvalue weighted by Crippen LogP contribution is 2.20. The second-order valence-electron chi connectivity index (χ2n) is 7.70. The quantitative estimate of drug-likeness (QED) is 0.456. The fraction of sp³-hybridized carbons (Fsp3) is 0.364. The van der Waals surface area contributed by atoms with Crippen LogP contribution in [-0.4, -0.2) is 35.7 Å². The number of imidazole rings is 2. The lowest BCUT2D eigenvalue weighted by Crippen LogP contribution is -2.39. The van der Waals surface area contributed by atoms with E-state index < -0.39 is 11.2 Å². The van der Waals surface area contributed by atoms with Crippen molar-refractivity contribution in [1.82, 2.24) is 23.1 Å². The average molecular weight is 423 g/mol. The molecule has 3 aromatic heterocycles. The number of fused-ring (bicyclic) bond motifs is 3. The van der Waals surface area contributed by atoms with E-state index in [0.29, 0.717) is 11.3 Å². The van der Waals surface area contributed by atoms with Crippen LogP contribution in [0.5, 0.6) is 0 Å². The first kappa shape index (κ1) is 20.6. The molecule has 1 aromatic carbocycles. The first-order chi connectivity index (χ1) is 14.7. The van der Waals surface area contributed by atoms with Crippen molar-refractivity contribution in [3.63, 3.8) is 0 Å². The molecule has 0 atom stereocenters. The Morgan fingerprint density at radius 3 is 2.52 bits per heavy atom. The molecule has 4 rings (SSSR count). The summed E-state index contributed by atoms with van der Waals surface area (Å²) in [5.74, 6) is 0.0411. The molecule has 0 N–H and O–H groups in total. The van der Waals surface area contributed by atoms with Crippen LogP contribution >= 0.6 is 0 Å². The number of carbonyl (C=O) groups excluding carboxylic acids is 1. The van der Waals surface area contributed by atoms with Crippen LogP contribution in [0.25, 0.3) is 16.9 Å². The Morgan fingerprint density at radius 1 is 1.10 bits per heavy atom. The molecule has 162 valence electrons. The third kappa shape index (κ3) is 3.26. The van der Waals surface area contributed by atoms with Crippen molar-refractivity contribution in [1.29, 1.82) is 0 Å². The van der Waals surface area contributed by atoms with Crippen LogP contribution in [0.15, 0.2) is 33.9 Å². The molecule has 31 heavy (non-hydrogen) atoms. The molecule has 0 saturated carbocycles. The van der Waals surface area contributed by atoms with Gasteiger partial charge >= 0.3 is 11.7 Å². The lowest BCUT2D eigenvalue weighted by Gasteiger charge is -2.09. The van der Waals surface area contributed by atoms with Gasteiger partial charge in [0.05, 0.1) is 13.2 Å². The second-order valence-corrected chi connectivity index (χ2v) is 7.70. The molecule has 0 aliphatic rings. The maximum Gasteiger partial charge on any atom is 0.332 e. The largest absolute Gasteiger partial charge is 0.465 e. The Balaban J connectivity index is 1.98. The van der Waals surface area contributed by atoms with E-state index in [-0.39, 0.29) is 31.3 Å². The number of esters is 1. The number of nitrogens with zero attached hydrogens (tertiary/aromatic N) is 5. The van der Waals surface area contributed by atoms with E-state index in [4.69, 9.17) is 4.74 Å². The van der Waals surface area contributed by atoms with Crippen LogP contribution < -0.4 is 11.2 Å². The van der Waals surface area contributed by atoms with E-state index in [1.165, 1.54) is 9.13 Å². The molecule has 9 nitrogen and oxygen atoms in total. The lowest BCUT2D eigenvalue weighted by atomic mass is 10.1. The third-order valence-electron chi connectivity index (χ3n) is 5.65.